The number of carboxylic acid groups (broad SMARTS) is 2. The molecule has 0 fully saturated rings. The van der Waals surface area contributed by atoms with Crippen molar-refractivity contribution in [1.29, 1.82) is 0 Å². The fraction of sp³-hybridized carbons (Fsp3) is 0.167. The molecule has 6 nitrogen and oxygen atoms in total. The highest BCUT2D eigenvalue weighted by Crippen LogP contribution is 2.13. The van der Waals surface area contributed by atoms with Crippen LogP contribution in [0.1, 0.15) is 5.56 Å². The lowest BCUT2D eigenvalue weighted by atomic mass is 10.2. The fourth-order valence-electron chi connectivity index (χ4n) is 1.18. The van der Waals surface area contributed by atoms with Crippen LogP contribution in [0.4, 0.5) is 0 Å². The van der Waals surface area contributed by atoms with Gasteiger partial charge in [0.1, 0.15) is 18.6 Å². The number of hydrogen-bond acceptors (Lipinski definition) is 4. The van der Waals surface area contributed by atoms with Gasteiger partial charge in [0.25, 0.3) is 0 Å². The lowest BCUT2D eigenvalue weighted by Crippen LogP contribution is -2.11. The standard InChI is InChI=1S/C12H12O6/c1-17-9-4-2-3-8(5-9)6-18-7-10(11(13)14)12(15)16/h2-5,7H,6H2,1H3,(H,13,14)(H,15,16). The Morgan fingerprint density at radius 3 is 2.50 bits per heavy atom. The zero-order chi connectivity index (χ0) is 13.5. The Kier molecular flexibility index (Phi) is 4.74. The number of ether oxygens (including phenoxy) is 2. The van der Waals surface area contributed by atoms with Crippen molar-refractivity contribution in [2.45, 2.75) is 6.61 Å². The second-order valence-electron chi connectivity index (χ2n) is 3.30. The first-order valence-electron chi connectivity index (χ1n) is 4.96. The molecule has 1 aromatic rings. The molecule has 1 aromatic carbocycles. The quantitative estimate of drug-likeness (QED) is 0.342. The van der Waals surface area contributed by atoms with Crippen molar-refractivity contribution >= 4 is 11.9 Å². The summed E-state index contributed by atoms with van der Waals surface area (Å²) in [4.78, 5) is 21.1. The van der Waals surface area contributed by atoms with E-state index in [9.17, 15) is 9.59 Å². The van der Waals surface area contributed by atoms with E-state index in [1.54, 1.807) is 24.3 Å². The minimum absolute atomic E-state index is 0.0568. The van der Waals surface area contributed by atoms with Gasteiger partial charge < -0.3 is 19.7 Å². The summed E-state index contributed by atoms with van der Waals surface area (Å²) < 4.78 is 9.92. The second kappa shape index (κ2) is 6.29. The molecule has 1 rings (SSSR count). The van der Waals surface area contributed by atoms with Crippen molar-refractivity contribution in [3.8, 4) is 5.75 Å². The first-order chi connectivity index (χ1) is 8.54. The number of rotatable bonds is 6. The molecule has 0 saturated carbocycles. The zero-order valence-corrected chi connectivity index (χ0v) is 9.62. The Hall–Kier alpha value is -2.50. The maximum Gasteiger partial charge on any atom is 0.346 e. The van der Waals surface area contributed by atoms with E-state index >= 15 is 0 Å². The summed E-state index contributed by atoms with van der Waals surface area (Å²) >= 11 is 0. The molecule has 0 aliphatic heterocycles. The molecule has 0 saturated heterocycles. The first-order valence-corrected chi connectivity index (χ1v) is 4.96. The molecule has 2 N–H and O–H groups in total. The van der Waals surface area contributed by atoms with E-state index in [2.05, 4.69) is 0 Å². The van der Waals surface area contributed by atoms with Gasteiger partial charge in [-0.05, 0) is 17.7 Å². The summed E-state index contributed by atoms with van der Waals surface area (Å²) in [6, 6.07) is 6.95. The molecule has 0 radical (unpaired) electrons. The van der Waals surface area contributed by atoms with Crippen LogP contribution >= 0.6 is 0 Å². The van der Waals surface area contributed by atoms with Gasteiger partial charge in [-0.1, -0.05) is 12.1 Å². The number of benzene rings is 1. The molecule has 6 heteroatoms. The van der Waals surface area contributed by atoms with E-state index in [-0.39, 0.29) is 6.61 Å². The molecule has 96 valence electrons. The third kappa shape index (κ3) is 3.82. The van der Waals surface area contributed by atoms with E-state index in [1.807, 2.05) is 0 Å². The first kappa shape index (κ1) is 13.6. The molecule has 0 atom stereocenters. The molecule has 0 unspecified atom stereocenters. The van der Waals surface area contributed by atoms with Gasteiger partial charge in [-0.25, -0.2) is 9.59 Å². The van der Waals surface area contributed by atoms with E-state index < -0.39 is 17.5 Å². The largest absolute Gasteiger partial charge is 0.497 e. The van der Waals surface area contributed by atoms with Gasteiger partial charge in [0.15, 0.2) is 5.57 Å². The number of methoxy groups -OCH3 is 1. The predicted molar refractivity (Wildman–Crippen MR) is 61.1 cm³/mol. The van der Waals surface area contributed by atoms with Crippen LogP contribution in [0, 0.1) is 0 Å². The molecule has 0 spiro atoms. The Labute approximate surface area is 103 Å². The number of aliphatic carboxylic acids is 2. The van der Waals surface area contributed by atoms with Crippen molar-refractivity contribution in [3.05, 3.63) is 41.7 Å². The predicted octanol–water partition coefficient (Wildman–Crippen LogP) is 1.26. The molecule has 0 bridgehead atoms. The minimum Gasteiger partial charge on any atom is -0.497 e. The summed E-state index contributed by atoms with van der Waals surface area (Å²) in [5, 5.41) is 17.1. The van der Waals surface area contributed by atoms with E-state index in [0.29, 0.717) is 12.0 Å². The summed E-state index contributed by atoms with van der Waals surface area (Å²) in [5.74, 6) is -2.46. The molecule has 0 aliphatic carbocycles. The highest BCUT2D eigenvalue weighted by atomic mass is 16.5. The van der Waals surface area contributed by atoms with Crippen molar-refractivity contribution in [2.24, 2.45) is 0 Å². The number of carboxylic acids is 2. The topological polar surface area (TPSA) is 93.1 Å². The van der Waals surface area contributed by atoms with Gasteiger partial charge >= 0.3 is 11.9 Å². The van der Waals surface area contributed by atoms with Gasteiger partial charge in [0.2, 0.25) is 0 Å². The summed E-state index contributed by atoms with van der Waals surface area (Å²) in [5.41, 5.74) is -0.0846. The van der Waals surface area contributed by atoms with Crippen molar-refractivity contribution in [3.63, 3.8) is 0 Å². The Morgan fingerprint density at radius 1 is 1.28 bits per heavy atom. The Balaban J connectivity index is 2.67. The van der Waals surface area contributed by atoms with Crippen molar-refractivity contribution in [2.75, 3.05) is 7.11 Å². The van der Waals surface area contributed by atoms with Crippen LogP contribution in [0.15, 0.2) is 36.1 Å². The summed E-state index contributed by atoms with van der Waals surface area (Å²) in [7, 11) is 1.52. The third-order valence-electron chi connectivity index (χ3n) is 2.05. The molecule has 0 heterocycles. The Morgan fingerprint density at radius 2 is 1.94 bits per heavy atom. The maximum absolute atomic E-state index is 10.5. The molecule has 0 aromatic heterocycles. The van der Waals surface area contributed by atoms with Gasteiger partial charge in [0, 0.05) is 0 Å². The zero-order valence-electron chi connectivity index (χ0n) is 9.62. The normalized spacial score (nSPS) is 9.39. The molecule has 0 aliphatic rings. The molecule has 0 amide bonds. The van der Waals surface area contributed by atoms with Gasteiger partial charge in [0.05, 0.1) is 7.11 Å². The molecular weight excluding hydrogens is 240 g/mol. The average Bonchev–Trinajstić information content (AvgIpc) is 2.34. The number of carbonyl (C=O) groups is 2. The van der Waals surface area contributed by atoms with Crippen LogP contribution in [0.25, 0.3) is 0 Å². The lowest BCUT2D eigenvalue weighted by Gasteiger charge is -2.04. The van der Waals surface area contributed by atoms with Crippen LogP contribution in [0.5, 0.6) is 5.75 Å². The monoisotopic (exact) mass is 252 g/mol. The summed E-state index contributed by atoms with van der Waals surface area (Å²) in [6.07, 6.45) is 0.712. The van der Waals surface area contributed by atoms with Crippen LogP contribution in [0.3, 0.4) is 0 Å². The van der Waals surface area contributed by atoms with Crippen LogP contribution in [0.2, 0.25) is 0 Å². The fourth-order valence-corrected chi connectivity index (χ4v) is 1.18. The van der Waals surface area contributed by atoms with E-state index in [0.717, 1.165) is 5.56 Å². The minimum atomic E-state index is -1.55. The average molecular weight is 252 g/mol. The molecular formula is C12H12O6. The van der Waals surface area contributed by atoms with Gasteiger partial charge in [-0.2, -0.15) is 0 Å². The van der Waals surface area contributed by atoms with Crippen LogP contribution in [-0.2, 0) is 20.9 Å². The summed E-state index contributed by atoms with van der Waals surface area (Å²) in [6.45, 7) is 0.0568. The number of hydrogen-bond donors (Lipinski definition) is 2. The smallest absolute Gasteiger partial charge is 0.346 e. The van der Waals surface area contributed by atoms with Crippen LogP contribution in [-0.4, -0.2) is 29.3 Å². The van der Waals surface area contributed by atoms with E-state index in [4.69, 9.17) is 19.7 Å². The highest BCUT2D eigenvalue weighted by molar-refractivity contribution is 6.12. The van der Waals surface area contributed by atoms with E-state index in [1.165, 1.54) is 7.11 Å². The highest BCUT2D eigenvalue weighted by Gasteiger charge is 2.16. The van der Waals surface area contributed by atoms with Gasteiger partial charge in [-0.3, -0.25) is 0 Å². The molecule has 18 heavy (non-hydrogen) atoms. The lowest BCUT2D eigenvalue weighted by molar-refractivity contribution is -0.140. The van der Waals surface area contributed by atoms with Crippen molar-refractivity contribution in [1.82, 2.24) is 0 Å². The Bertz CT molecular complexity index is 461. The third-order valence-corrected chi connectivity index (χ3v) is 2.05. The second-order valence-corrected chi connectivity index (χ2v) is 3.30. The maximum atomic E-state index is 10.5. The van der Waals surface area contributed by atoms with Crippen LogP contribution < -0.4 is 4.74 Å². The SMILES string of the molecule is COc1cccc(COC=C(C(=O)O)C(=O)O)c1. The van der Waals surface area contributed by atoms with Gasteiger partial charge in [-0.15, -0.1) is 0 Å². The van der Waals surface area contributed by atoms with Crippen molar-refractivity contribution < 1.29 is 29.3 Å².